The highest BCUT2D eigenvalue weighted by molar-refractivity contribution is 5.97. The smallest absolute Gasteiger partial charge is 0.256 e. The second-order valence-corrected chi connectivity index (χ2v) is 8.33. The van der Waals surface area contributed by atoms with E-state index in [2.05, 4.69) is 24.1 Å². The quantitative estimate of drug-likeness (QED) is 0.483. The molecule has 1 aromatic carbocycles. The van der Waals surface area contributed by atoms with E-state index in [1.807, 2.05) is 38.1 Å². The molecule has 0 aliphatic carbocycles. The van der Waals surface area contributed by atoms with Crippen molar-refractivity contribution in [3.8, 4) is 5.75 Å². The number of carbonyl (C=O) groups excluding carboxylic acids is 1. The monoisotopic (exact) mass is 404 g/mol. The maximum Gasteiger partial charge on any atom is 0.256 e. The summed E-state index contributed by atoms with van der Waals surface area (Å²) in [5.41, 5.74) is -0.0159. The van der Waals surface area contributed by atoms with Crippen molar-refractivity contribution in [2.75, 3.05) is 31.6 Å². The molecular weight excluding hydrogens is 364 g/mol. The van der Waals surface area contributed by atoms with Gasteiger partial charge in [-0.05, 0) is 77.3 Å². The first-order valence-corrected chi connectivity index (χ1v) is 11.4. The van der Waals surface area contributed by atoms with Crippen molar-refractivity contribution in [1.82, 2.24) is 4.90 Å². The number of piperidine rings is 1. The minimum Gasteiger partial charge on any atom is -0.494 e. The van der Waals surface area contributed by atoms with Crippen LogP contribution in [0.3, 0.4) is 0 Å². The lowest BCUT2D eigenvalue weighted by Crippen LogP contribution is -2.42. The van der Waals surface area contributed by atoms with Gasteiger partial charge >= 0.3 is 0 Å². The van der Waals surface area contributed by atoms with Crippen LogP contribution in [-0.2, 0) is 9.53 Å². The number of carbonyl (C=O) groups is 1. The molecule has 2 unspecified atom stereocenters. The first-order chi connectivity index (χ1) is 14.0. The highest BCUT2D eigenvalue weighted by Gasteiger charge is 2.33. The molecule has 0 saturated carbocycles. The van der Waals surface area contributed by atoms with Gasteiger partial charge in [0.1, 0.15) is 11.4 Å². The molecule has 1 aliphatic heterocycles. The van der Waals surface area contributed by atoms with Crippen molar-refractivity contribution in [2.45, 2.75) is 84.3 Å². The molecule has 0 aromatic heterocycles. The van der Waals surface area contributed by atoms with E-state index < -0.39 is 5.60 Å². The van der Waals surface area contributed by atoms with Gasteiger partial charge in [0.2, 0.25) is 0 Å². The van der Waals surface area contributed by atoms with Gasteiger partial charge in [0.25, 0.3) is 5.91 Å². The summed E-state index contributed by atoms with van der Waals surface area (Å²) in [6.07, 6.45) is 7.76. The summed E-state index contributed by atoms with van der Waals surface area (Å²) in [7, 11) is 0. The van der Waals surface area contributed by atoms with Gasteiger partial charge in [-0.3, -0.25) is 4.79 Å². The van der Waals surface area contributed by atoms with Crippen LogP contribution in [0.25, 0.3) is 0 Å². The molecule has 164 valence electrons. The van der Waals surface area contributed by atoms with Gasteiger partial charge in [-0.15, -0.1) is 0 Å². The first kappa shape index (κ1) is 23.7. The van der Waals surface area contributed by atoms with Crippen molar-refractivity contribution in [3.63, 3.8) is 0 Å². The normalized spacial score (nSPS) is 19.5. The van der Waals surface area contributed by atoms with Gasteiger partial charge in [-0.1, -0.05) is 26.2 Å². The van der Waals surface area contributed by atoms with Crippen molar-refractivity contribution >= 4 is 11.6 Å². The van der Waals surface area contributed by atoms with E-state index in [0.717, 1.165) is 43.7 Å². The Labute approximate surface area is 177 Å². The second-order valence-electron chi connectivity index (χ2n) is 8.33. The fourth-order valence-electron chi connectivity index (χ4n) is 3.93. The summed E-state index contributed by atoms with van der Waals surface area (Å²) in [4.78, 5) is 15.3. The summed E-state index contributed by atoms with van der Waals surface area (Å²) in [5, 5.41) is 2.99. The number of ether oxygens (including phenoxy) is 2. The van der Waals surface area contributed by atoms with E-state index in [1.54, 1.807) is 0 Å². The minimum absolute atomic E-state index is 0.0860. The fraction of sp³-hybridized carbons (Fsp3) is 0.708. The van der Waals surface area contributed by atoms with Gasteiger partial charge in [0, 0.05) is 24.9 Å². The Bertz CT molecular complexity index is 605. The van der Waals surface area contributed by atoms with E-state index in [9.17, 15) is 4.79 Å². The van der Waals surface area contributed by atoms with Crippen LogP contribution in [-0.4, -0.2) is 48.8 Å². The topological polar surface area (TPSA) is 50.8 Å². The van der Waals surface area contributed by atoms with Crippen LogP contribution in [0.15, 0.2) is 24.3 Å². The van der Waals surface area contributed by atoms with Crippen LogP contribution in [0.4, 0.5) is 5.69 Å². The molecule has 1 fully saturated rings. The van der Waals surface area contributed by atoms with Gasteiger partial charge < -0.3 is 19.7 Å². The number of likely N-dealkylation sites (tertiary alicyclic amines) is 1. The highest BCUT2D eigenvalue weighted by Crippen LogP contribution is 2.23. The maximum absolute atomic E-state index is 12.7. The first-order valence-electron chi connectivity index (χ1n) is 11.4. The number of benzene rings is 1. The van der Waals surface area contributed by atoms with Crippen LogP contribution in [0, 0.1) is 0 Å². The molecule has 1 aliphatic rings. The highest BCUT2D eigenvalue weighted by atomic mass is 16.5. The lowest BCUT2D eigenvalue weighted by molar-refractivity contribution is -0.139. The van der Waals surface area contributed by atoms with Crippen molar-refractivity contribution in [3.05, 3.63) is 24.3 Å². The Kier molecular flexibility index (Phi) is 9.95. The summed E-state index contributed by atoms with van der Waals surface area (Å²) in [6, 6.07) is 8.33. The standard InChI is InChI=1S/C24H40N2O3/c1-5-7-16-24(4,29-6-2)23(27)25-21-12-14-22(15-13-21)28-19-10-18-26-17-9-8-11-20(26)3/h12-15,20H,5-11,16-19H2,1-4H3,(H,25,27). The van der Waals surface area contributed by atoms with Gasteiger partial charge in [0.05, 0.1) is 6.61 Å². The Balaban J connectivity index is 1.77. The van der Waals surface area contributed by atoms with E-state index in [0.29, 0.717) is 19.3 Å². The predicted octanol–water partition coefficient (Wildman–Crippen LogP) is 5.25. The molecule has 5 nitrogen and oxygen atoms in total. The zero-order valence-electron chi connectivity index (χ0n) is 18.8. The lowest BCUT2D eigenvalue weighted by atomic mass is 9.97. The second kappa shape index (κ2) is 12.2. The third-order valence-electron chi connectivity index (χ3n) is 5.86. The third-order valence-corrected chi connectivity index (χ3v) is 5.86. The fourth-order valence-corrected chi connectivity index (χ4v) is 3.93. The summed E-state index contributed by atoms with van der Waals surface area (Å²) >= 11 is 0. The lowest BCUT2D eigenvalue weighted by Gasteiger charge is -2.33. The molecule has 1 heterocycles. The average molecular weight is 405 g/mol. The number of anilines is 1. The molecule has 2 atom stereocenters. The number of nitrogens with one attached hydrogen (secondary N) is 1. The molecule has 2 rings (SSSR count). The van der Waals surface area contributed by atoms with Crippen molar-refractivity contribution < 1.29 is 14.3 Å². The molecule has 1 amide bonds. The third kappa shape index (κ3) is 7.63. The maximum atomic E-state index is 12.7. The number of hydrogen-bond acceptors (Lipinski definition) is 4. The SMILES string of the molecule is CCCCC(C)(OCC)C(=O)Nc1ccc(OCCCN2CCCCC2C)cc1. The molecule has 0 bridgehead atoms. The number of hydrogen-bond donors (Lipinski definition) is 1. The molecule has 1 N–H and O–H groups in total. The number of rotatable bonds is 12. The summed E-state index contributed by atoms with van der Waals surface area (Å²) in [5.74, 6) is 0.755. The Morgan fingerprint density at radius 3 is 2.62 bits per heavy atom. The zero-order chi connectivity index (χ0) is 21.1. The average Bonchev–Trinajstić information content (AvgIpc) is 2.72. The van der Waals surface area contributed by atoms with Crippen LogP contribution in [0.2, 0.25) is 0 Å². The van der Waals surface area contributed by atoms with Crippen LogP contribution >= 0.6 is 0 Å². The zero-order valence-corrected chi connectivity index (χ0v) is 18.8. The molecule has 0 radical (unpaired) electrons. The number of unbranched alkanes of at least 4 members (excludes halogenated alkanes) is 1. The summed E-state index contributed by atoms with van der Waals surface area (Å²) < 4.78 is 11.7. The predicted molar refractivity (Wildman–Crippen MR) is 120 cm³/mol. The van der Waals surface area contributed by atoms with E-state index in [-0.39, 0.29) is 5.91 Å². The largest absolute Gasteiger partial charge is 0.494 e. The van der Waals surface area contributed by atoms with E-state index >= 15 is 0 Å². The molecular formula is C24H40N2O3. The van der Waals surface area contributed by atoms with Crippen LogP contribution in [0.5, 0.6) is 5.75 Å². The van der Waals surface area contributed by atoms with Gasteiger partial charge in [-0.25, -0.2) is 0 Å². The summed E-state index contributed by atoms with van der Waals surface area (Å²) in [6.45, 7) is 11.8. The van der Waals surface area contributed by atoms with Crippen LogP contribution in [0.1, 0.15) is 72.6 Å². The van der Waals surface area contributed by atoms with Crippen molar-refractivity contribution in [2.24, 2.45) is 0 Å². The molecule has 5 heteroatoms. The Morgan fingerprint density at radius 2 is 1.97 bits per heavy atom. The van der Waals surface area contributed by atoms with Gasteiger partial charge in [0.15, 0.2) is 0 Å². The molecule has 0 spiro atoms. The molecule has 1 saturated heterocycles. The van der Waals surface area contributed by atoms with E-state index in [1.165, 1.54) is 25.8 Å². The van der Waals surface area contributed by atoms with Gasteiger partial charge in [-0.2, -0.15) is 0 Å². The number of nitrogens with zero attached hydrogens (tertiary/aromatic N) is 1. The van der Waals surface area contributed by atoms with Crippen LogP contribution < -0.4 is 10.1 Å². The van der Waals surface area contributed by atoms with Crippen molar-refractivity contribution in [1.29, 1.82) is 0 Å². The number of amides is 1. The molecule has 1 aromatic rings. The molecule has 29 heavy (non-hydrogen) atoms. The Hall–Kier alpha value is -1.59. The minimum atomic E-state index is -0.786. The van der Waals surface area contributed by atoms with E-state index in [4.69, 9.17) is 9.47 Å². The Morgan fingerprint density at radius 1 is 1.21 bits per heavy atom.